The van der Waals surface area contributed by atoms with Gasteiger partial charge in [-0.15, -0.1) is 0 Å². The van der Waals surface area contributed by atoms with Gasteiger partial charge in [0.15, 0.2) is 5.82 Å². The lowest BCUT2D eigenvalue weighted by Gasteiger charge is -2.28. The molecule has 11 heteroatoms. The molecular formula is C36H43N5O6. The summed E-state index contributed by atoms with van der Waals surface area (Å²) < 4.78 is 12.3. The number of carbonyl (C=O) groups excluding carboxylic acids is 3. The number of nitrogens with two attached hydrogens (primary N) is 1. The summed E-state index contributed by atoms with van der Waals surface area (Å²) in [5, 5.41) is 0. The summed E-state index contributed by atoms with van der Waals surface area (Å²) in [5.74, 6) is 5.48. The van der Waals surface area contributed by atoms with Gasteiger partial charge in [0.05, 0.1) is 18.3 Å². The molecule has 4 rings (SSSR count). The van der Waals surface area contributed by atoms with Crippen LogP contribution in [-0.2, 0) is 16.0 Å². The molecule has 2 N–H and O–H groups in total. The standard InChI is InChI=1S/C36H43N5O6/c1-23-20-29(32(43)40-19-13-17-28(40)25-14-10-9-11-15-25)39(30(42)21-23)18-12-16-27-26(37)22-24(2)31(38-27)41(33(44)46-35(3,4)5)34(45)47-36(6,7)8/h9-11,14-15,20-22,28H,13,17-19,37H2,1-8H3. The zero-order valence-electron chi connectivity index (χ0n) is 28.3. The number of likely N-dealkylation sites (tertiary alicyclic amines) is 1. The van der Waals surface area contributed by atoms with Gasteiger partial charge in [-0.05, 0) is 103 Å². The summed E-state index contributed by atoms with van der Waals surface area (Å²) in [7, 11) is 0. The predicted octanol–water partition coefficient (Wildman–Crippen LogP) is 6.15. The Hall–Kier alpha value is -5.11. The third kappa shape index (κ3) is 8.58. The van der Waals surface area contributed by atoms with Gasteiger partial charge >= 0.3 is 12.2 Å². The first kappa shape index (κ1) is 34.8. The van der Waals surface area contributed by atoms with Gasteiger partial charge in [-0.3, -0.25) is 14.2 Å². The Kier molecular flexibility index (Phi) is 10.1. The Morgan fingerprint density at radius 2 is 1.60 bits per heavy atom. The highest BCUT2D eigenvalue weighted by molar-refractivity contribution is 6.09. The van der Waals surface area contributed by atoms with E-state index in [4.69, 9.17) is 15.2 Å². The first-order valence-electron chi connectivity index (χ1n) is 15.5. The van der Waals surface area contributed by atoms with Crippen LogP contribution in [0, 0.1) is 25.7 Å². The monoisotopic (exact) mass is 641 g/mol. The zero-order chi connectivity index (χ0) is 34.7. The fraction of sp³-hybridized carbons (Fsp3) is 0.417. The van der Waals surface area contributed by atoms with Crippen LogP contribution in [0.25, 0.3) is 0 Å². The highest BCUT2D eigenvalue weighted by Gasteiger charge is 2.35. The number of pyridine rings is 2. The smallest absolute Gasteiger partial charge is 0.425 e. The van der Waals surface area contributed by atoms with Crippen molar-refractivity contribution in [2.75, 3.05) is 17.2 Å². The molecule has 0 bridgehead atoms. The van der Waals surface area contributed by atoms with Crippen LogP contribution in [0.1, 0.15) is 93.3 Å². The summed E-state index contributed by atoms with van der Waals surface area (Å²) in [6.07, 6.45) is -0.270. The van der Waals surface area contributed by atoms with Crippen LogP contribution in [0.5, 0.6) is 0 Å². The lowest BCUT2D eigenvalue weighted by atomic mass is 10.0. The van der Waals surface area contributed by atoms with Crippen molar-refractivity contribution in [3.05, 3.63) is 87.0 Å². The second-order valence-corrected chi connectivity index (χ2v) is 13.6. The minimum atomic E-state index is -0.976. The molecule has 0 saturated carbocycles. The van der Waals surface area contributed by atoms with Gasteiger partial charge in [-0.2, -0.15) is 4.90 Å². The van der Waals surface area contributed by atoms with E-state index in [0.29, 0.717) is 17.7 Å². The number of amides is 3. The number of rotatable bonds is 4. The van der Waals surface area contributed by atoms with Crippen molar-refractivity contribution in [1.82, 2.24) is 14.5 Å². The molecule has 3 heterocycles. The van der Waals surface area contributed by atoms with Crippen molar-refractivity contribution in [1.29, 1.82) is 0 Å². The van der Waals surface area contributed by atoms with Crippen LogP contribution in [-0.4, -0.2) is 50.3 Å². The van der Waals surface area contributed by atoms with Gasteiger partial charge in [0.25, 0.3) is 11.5 Å². The van der Waals surface area contributed by atoms with E-state index >= 15 is 0 Å². The maximum Gasteiger partial charge on any atom is 0.425 e. The van der Waals surface area contributed by atoms with Crippen LogP contribution in [0.15, 0.2) is 53.3 Å². The number of aryl methyl sites for hydroxylation is 2. The molecule has 1 aliphatic heterocycles. The number of benzene rings is 1. The number of aromatic nitrogens is 2. The maximum absolute atomic E-state index is 13.9. The van der Waals surface area contributed by atoms with E-state index in [1.165, 1.54) is 16.7 Å². The number of ether oxygens (including phenoxy) is 2. The van der Waals surface area contributed by atoms with Gasteiger partial charge in [0, 0.05) is 12.6 Å². The van der Waals surface area contributed by atoms with E-state index in [1.807, 2.05) is 30.3 Å². The largest absolute Gasteiger partial charge is 0.443 e. The topological polar surface area (TPSA) is 137 Å². The van der Waals surface area contributed by atoms with Crippen LogP contribution in [0.3, 0.4) is 0 Å². The van der Waals surface area contributed by atoms with Crippen molar-refractivity contribution >= 4 is 29.6 Å². The summed E-state index contributed by atoms with van der Waals surface area (Å²) in [5.41, 5.74) is 6.69. The lowest BCUT2D eigenvalue weighted by Crippen LogP contribution is -2.44. The van der Waals surface area contributed by atoms with Gasteiger partial charge in [0.1, 0.15) is 22.6 Å². The van der Waals surface area contributed by atoms with E-state index in [2.05, 4.69) is 16.8 Å². The van der Waals surface area contributed by atoms with Crippen molar-refractivity contribution in [3.63, 3.8) is 0 Å². The summed E-state index contributed by atoms with van der Waals surface area (Å²) in [4.78, 5) is 60.6. The Labute approximate surface area is 275 Å². The minimum absolute atomic E-state index is 0.0589. The molecule has 0 radical (unpaired) electrons. The van der Waals surface area contributed by atoms with Crippen molar-refractivity contribution < 1.29 is 23.9 Å². The van der Waals surface area contributed by atoms with Gasteiger partial charge in [-0.25, -0.2) is 14.6 Å². The third-order valence-corrected chi connectivity index (χ3v) is 7.21. The minimum Gasteiger partial charge on any atom is -0.443 e. The van der Waals surface area contributed by atoms with E-state index in [1.54, 1.807) is 66.4 Å². The summed E-state index contributed by atoms with van der Waals surface area (Å²) in [6, 6.07) is 14.4. The van der Waals surface area contributed by atoms with Crippen molar-refractivity contribution in [2.24, 2.45) is 0 Å². The molecule has 1 aromatic carbocycles. The molecule has 1 unspecified atom stereocenters. The highest BCUT2D eigenvalue weighted by atomic mass is 16.6. The van der Waals surface area contributed by atoms with Gasteiger partial charge in [0.2, 0.25) is 0 Å². The maximum atomic E-state index is 13.9. The first-order chi connectivity index (χ1) is 21.9. The fourth-order valence-electron chi connectivity index (χ4n) is 5.26. The SMILES string of the molecule is Cc1cc(C(=O)N2CCCC2c2ccccc2)n(CC#Cc2nc(N(C(=O)OC(C)(C)C)C(=O)OC(C)(C)C)c(C)cc2N)c(=O)c1. The number of imide groups is 1. The normalized spacial score (nSPS) is 14.6. The van der Waals surface area contributed by atoms with Crippen molar-refractivity contribution in [3.8, 4) is 11.8 Å². The molecule has 1 aliphatic rings. The van der Waals surface area contributed by atoms with E-state index < -0.39 is 23.4 Å². The van der Waals surface area contributed by atoms with E-state index in [9.17, 15) is 19.2 Å². The first-order valence-corrected chi connectivity index (χ1v) is 15.5. The number of nitrogens with zero attached hydrogens (tertiary/aromatic N) is 4. The predicted molar refractivity (Wildman–Crippen MR) is 180 cm³/mol. The van der Waals surface area contributed by atoms with E-state index in [-0.39, 0.29) is 46.9 Å². The summed E-state index contributed by atoms with van der Waals surface area (Å²) in [6.45, 7) is 13.9. The Bertz CT molecular complexity index is 1760. The molecule has 1 saturated heterocycles. The lowest BCUT2D eigenvalue weighted by molar-refractivity contribution is 0.0428. The number of anilines is 2. The number of hydrogen-bond acceptors (Lipinski definition) is 8. The summed E-state index contributed by atoms with van der Waals surface area (Å²) >= 11 is 0. The Morgan fingerprint density at radius 3 is 2.19 bits per heavy atom. The zero-order valence-corrected chi connectivity index (χ0v) is 28.3. The number of carbonyl (C=O) groups is 3. The molecule has 11 nitrogen and oxygen atoms in total. The molecule has 0 aliphatic carbocycles. The Morgan fingerprint density at radius 1 is 0.979 bits per heavy atom. The van der Waals surface area contributed by atoms with Gasteiger partial charge in [-0.1, -0.05) is 36.3 Å². The molecule has 1 fully saturated rings. The quantitative estimate of drug-likeness (QED) is 0.335. The van der Waals surface area contributed by atoms with E-state index in [0.717, 1.165) is 23.3 Å². The average molecular weight is 642 g/mol. The molecule has 0 spiro atoms. The second-order valence-electron chi connectivity index (χ2n) is 13.6. The van der Waals surface area contributed by atoms with Crippen LogP contribution >= 0.6 is 0 Å². The second kappa shape index (κ2) is 13.7. The Balaban J connectivity index is 1.70. The molecule has 3 aromatic rings. The molecular weight excluding hydrogens is 598 g/mol. The molecule has 3 amide bonds. The van der Waals surface area contributed by atoms with Crippen LogP contribution in [0.4, 0.5) is 21.1 Å². The highest BCUT2D eigenvalue weighted by Crippen LogP contribution is 2.33. The number of hydrogen-bond donors (Lipinski definition) is 1. The van der Waals surface area contributed by atoms with Crippen molar-refractivity contribution in [2.45, 2.75) is 92.0 Å². The van der Waals surface area contributed by atoms with Crippen LogP contribution < -0.4 is 16.2 Å². The molecule has 2 aromatic heterocycles. The number of nitrogen functional groups attached to an aromatic ring is 1. The molecule has 1 atom stereocenters. The third-order valence-electron chi connectivity index (χ3n) is 7.21. The molecule has 248 valence electrons. The molecule has 47 heavy (non-hydrogen) atoms. The fourth-order valence-corrected chi connectivity index (χ4v) is 5.26. The average Bonchev–Trinajstić information content (AvgIpc) is 3.44. The van der Waals surface area contributed by atoms with Gasteiger partial charge < -0.3 is 20.1 Å². The van der Waals surface area contributed by atoms with Crippen LogP contribution in [0.2, 0.25) is 0 Å².